The maximum atomic E-state index is 12.3. The van der Waals surface area contributed by atoms with E-state index < -0.39 is 0 Å². The lowest BCUT2D eigenvalue weighted by molar-refractivity contribution is 0.102. The molecule has 1 fully saturated rings. The first-order valence-corrected chi connectivity index (χ1v) is 8.56. The fourth-order valence-electron chi connectivity index (χ4n) is 3.14. The Morgan fingerprint density at radius 3 is 2.63 bits per heavy atom. The van der Waals surface area contributed by atoms with Gasteiger partial charge in [-0.15, -0.1) is 0 Å². The quantitative estimate of drug-likeness (QED) is 0.727. The van der Waals surface area contributed by atoms with Crippen LogP contribution < -0.4 is 0 Å². The second-order valence-corrected chi connectivity index (χ2v) is 6.65. The molecule has 1 aromatic rings. The van der Waals surface area contributed by atoms with E-state index in [4.69, 9.17) is 0 Å². The molecule has 0 atom stereocenters. The zero-order valence-corrected chi connectivity index (χ0v) is 13.2. The Kier molecular flexibility index (Phi) is 5.14. The van der Waals surface area contributed by atoms with Crippen LogP contribution in [0.5, 0.6) is 0 Å². The molecule has 1 saturated carbocycles. The smallest absolute Gasteiger partial charge is 0.174 e. The number of thioether (sulfide) groups is 1. The van der Waals surface area contributed by atoms with Crippen LogP contribution in [0, 0.1) is 19.8 Å². The van der Waals surface area contributed by atoms with Gasteiger partial charge in [-0.3, -0.25) is 4.79 Å². The molecule has 1 heterocycles. The second-order valence-electron chi connectivity index (χ2n) is 5.62. The number of hydrogen-bond acceptors (Lipinski definition) is 2. The Balaban J connectivity index is 1.88. The van der Waals surface area contributed by atoms with Crippen molar-refractivity contribution in [1.29, 1.82) is 0 Å². The number of ketones is 1. The Hall–Kier alpha value is -0.700. The van der Waals surface area contributed by atoms with Crippen LogP contribution in [0.2, 0.25) is 0 Å². The molecular formula is C16H25NOS. The van der Waals surface area contributed by atoms with Crippen molar-refractivity contribution in [3.05, 3.63) is 23.0 Å². The largest absolute Gasteiger partial charge is 0.349 e. The highest BCUT2D eigenvalue weighted by Crippen LogP contribution is 2.28. The summed E-state index contributed by atoms with van der Waals surface area (Å²) in [5.41, 5.74) is 3.26. The molecule has 2 nitrogen and oxygen atoms in total. The highest BCUT2D eigenvalue weighted by atomic mass is 32.2. The molecule has 0 amide bonds. The van der Waals surface area contributed by atoms with Crippen molar-refractivity contribution in [3.8, 4) is 0 Å². The topological polar surface area (TPSA) is 22.0 Å². The van der Waals surface area contributed by atoms with Gasteiger partial charge < -0.3 is 4.57 Å². The predicted octanol–water partition coefficient (Wildman–Crippen LogP) is 4.23. The SMILES string of the molecule is CCn1c(C)cc(C(=O)CSCC2CCCC2)c1C. The van der Waals surface area contributed by atoms with Crippen molar-refractivity contribution in [2.45, 2.75) is 53.0 Å². The molecule has 0 N–H and O–H groups in total. The Morgan fingerprint density at radius 2 is 2.05 bits per heavy atom. The average Bonchev–Trinajstić information content (AvgIpc) is 2.98. The van der Waals surface area contributed by atoms with Gasteiger partial charge >= 0.3 is 0 Å². The average molecular weight is 279 g/mol. The minimum Gasteiger partial charge on any atom is -0.349 e. The van der Waals surface area contributed by atoms with Gasteiger partial charge in [-0.1, -0.05) is 12.8 Å². The van der Waals surface area contributed by atoms with Crippen molar-refractivity contribution in [3.63, 3.8) is 0 Å². The molecule has 3 heteroatoms. The van der Waals surface area contributed by atoms with E-state index in [1.54, 1.807) is 0 Å². The first-order chi connectivity index (χ1) is 9.13. The first kappa shape index (κ1) is 14.7. The molecule has 1 aromatic heterocycles. The molecule has 0 bridgehead atoms. The van der Waals surface area contributed by atoms with Crippen LogP contribution in [-0.4, -0.2) is 21.9 Å². The van der Waals surface area contributed by atoms with Gasteiger partial charge in [0, 0.05) is 23.5 Å². The summed E-state index contributed by atoms with van der Waals surface area (Å²) in [5, 5.41) is 0. The number of aromatic nitrogens is 1. The van der Waals surface area contributed by atoms with Crippen molar-refractivity contribution >= 4 is 17.5 Å². The highest BCUT2D eigenvalue weighted by Gasteiger charge is 2.18. The summed E-state index contributed by atoms with van der Waals surface area (Å²) in [7, 11) is 0. The van der Waals surface area contributed by atoms with Gasteiger partial charge in [0.1, 0.15) is 0 Å². The maximum Gasteiger partial charge on any atom is 0.174 e. The van der Waals surface area contributed by atoms with Gasteiger partial charge in [-0.25, -0.2) is 0 Å². The lowest BCUT2D eigenvalue weighted by Gasteiger charge is -2.08. The normalized spacial score (nSPS) is 16.2. The number of rotatable bonds is 6. The molecule has 0 spiro atoms. The summed E-state index contributed by atoms with van der Waals surface area (Å²) in [5.74, 6) is 2.97. The summed E-state index contributed by atoms with van der Waals surface area (Å²) in [4.78, 5) is 12.3. The number of nitrogens with zero attached hydrogens (tertiary/aromatic N) is 1. The van der Waals surface area contributed by atoms with Crippen LogP contribution >= 0.6 is 11.8 Å². The van der Waals surface area contributed by atoms with E-state index in [9.17, 15) is 4.79 Å². The van der Waals surface area contributed by atoms with Crippen LogP contribution in [0.3, 0.4) is 0 Å². The van der Waals surface area contributed by atoms with E-state index in [1.165, 1.54) is 31.4 Å². The van der Waals surface area contributed by atoms with Crippen molar-refractivity contribution in [2.24, 2.45) is 5.92 Å². The minimum absolute atomic E-state index is 0.302. The zero-order valence-electron chi connectivity index (χ0n) is 12.4. The van der Waals surface area contributed by atoms with Gasteiger partial charge in [0.25, 0.3) is 0 Å². The number of hydrogen-bond donors (Lipinski definition) is 0. The Labute approximate surface area is 121 Å². The molecule has 106 valence electrons. The highest BCUT2D eigenvalue weighted by molar-refractivity contribution is 7.99. The van der Waals surface area contributed by atoms with Crippen LogP contribution in [0.25, 0.3) is 0 Å². The van der Waals surface area contributed by atoms with Crippen LogP contribution in [0.15, 0.2) is 6.07 Å². The van der Waals surface area contributed by atoms with Crippen molar-refractivity contribution < 1.29 is 4.79 Å². The van der Waals surface area contributed by atoms with Crippen LogP contribution in [0.4, 0.5) is 0 Å². The summed E-state index contributed by atoms with van der Waals surface area (Å²) in [6, 6.07) is 2.05. The number of carbonyl (C=O) groups excluding carboxylic acids is 1. The van der Waals surface area contributed by atoms with Gasteiger partial charge in [0.15, 0.2) is 5.78 Å². The van der Waals surface area contributed by atoms with Gasteiger partial charge in [0.05, 0.1) is 5.75 Å². The molecule has 0 unspecified atom stereocenters. The molecule has 2 rings (SSSR count). The fraction of sp³-hybridized carbons (Fsp3) is 0.688. The van der Waals surface area contributed by atoms with Gasteiger partial charge in [-0.2, -0.15) is 11.8 Å². The fourth-order valence-corrected chi connectivity index (χ4v) is 4.27. The van der Waals surface area contributed by atoms with Gasteiger partial charge in [0.2, 0.25) is 0 Å². The van der Waals surface area contributed by atoms with Crippen LogP contribution in [0.1, 0.15) is 54.4 Å². The first-order valence-electron chi connectivity index (χ1n) is 7.41. The third-order valence-corrected chi connectivity index (χ3v) is 5.43. The van der Waals surface area contributed by atoms with Crippen molar-refractivity contribution in [1.82, 2.24) is 4.57 Å². The molecule has 0 aliphatic heterocycles. The van der Waals surface area contributed by atoms with E-state index in [-0.39, 0.29) is 0 Å². The molecule has 19 heavy (non-hydrogen) atoms. The summed E-state index contributed by atoms with van der Waals surface area (Å²) >= 11 is 1.83. The van der Waals surface area contributed by atoms with Crippen molar-refractivity contribution in [2.75, 3.05) is 11.5 Å². The molecule has 1 aliphatic carbocycles. The maximum absolute atomic E-state index is 12.3. The van der Waals surface area contributed by atoms with E-state index >= 15 is 0 Å². The van der Waals surface area contributed by atoms with E-state index in [1.807, 2.05) is 11.8 Å². The van der Waals surface area contributed by atoms with E-state index in [0.717, 1.165) is 29.5 Å². The molecule has 0 radical (unpaired) electrons. The Morgan fingerprint density at radius 1 is 1.37 bits per heavy atom. The number of Topliss-reactive ketones (excluding diaryl/α,β-unsaturated/α-hetero) is 1. The molecule has 0 saturated heterocycles. The monoisotopic (exact) mass is 279 g/mol. The standard InChI is InChI=1S/C16H25NOS/c1-4-17-12(2)9-15(13(17)3)16(18)11-19-10-14-7-5-6-8-14/h9,14H,4-8,10-11H2,1-3H3. The minimum atomic E-state index is 0.302. The molecule has 0 aromatic carbocycles. The molecular weight excluding hydrogens is 254 g/mol. The summed E-state index contributed by atoms with van der Waals surface area (Å²) in [6.07, 6.45) is 5.50. The lowest BCUT2D eigenvalue weighted by Crippen LogP contribution is -2.07. The zero-order chi connectivity index (χ0) is 13.8. The van der Waals surface area contributed by atoms with Crippen LogP contribution in [-0.2, 0) is 6.54 Å². The molecule has 1 aliphatic rings. The van der Waals surface area contributed by atoms with E-state index in [0.29, 0.717) is 11.5 Å². The summed E-state index contributed by atoms with van der Waals surface area (Å²) in [6.45, 7) is 7.22. The number of carbonyl (C=O) groups is 1. The third kappa shape index (κ3) is 3.44. The third-order valence-electron chi connectivity index (χ3n) is 4.25. The van der Waals surface area contributed by atoms with E-state index in [2.05, 4.69) is 31.4 Å². The van der Waals surface area contributed by atoms with Gasteiger partial charge in [-0.05, 0) is 51.3 Å². The number of aryl methyl sites for hydroxylation is 1. The lowest BCUT2D eigenvalue weighted by atomic mass is 10.1. The second kappa shape index (κ2) is 6.65. The predicted molar refractivity (Wildman–Crippen MR) is 83.2 cm³/mol. The Bertz CT molecular complexity index is 444. The summed E-state index contributed by atoms with van der Waals surface area (Å²) < 4.78 is 2.22.